The summed E-state index contributed by atoms with van der Waals surface area (Å²) in [4.78, 5) is 9.93. The Morgan fingerprint density at radius 3 is 2.89 bits per heavy atom. The van der Waals surface area contributed by atoms with E-state index in [0.717, 1.165) is 0 Å². The molecule has 0 saturated carbocycles. The van der Waals surface area contributed by atoms with Gasteiger partial charge >= 0.3 is 6.03 Å². The minimum absolute atomic E-state index is 0.347. The lowest BCUT2D eigenvalue weighted by Gasteiger charge is -1.98. The minimum atomic E-state index is -0.645. The molecule has 5 heteroatoms. The standard InChI is InChI=1S/C4H8N4O/c5-2-1-3-7-8-4(6)9/h7H,1,3H2,(H3,6,8,9). The van der Waals surface area contributed by atoms with E-state index in [-0.39, 0.29) is 0 Å². The molecule has 0 bridgehead atoms. The van der Waals surface area contributed by atoms with E-state index in [0.29, 0.717) is 13.0 Å². The predicted octanol–water partition coefficient (Wildman–Crippen LogP) is -0.927. The molecule has 0 atom stereocenters. The number of nitrogens with zero attached hydrogens (tertiary/aromatic N) is 1. The van der Waals surface area contributed by atoms with Crippen LogP contribution in [0, 0.1) is 11.3 Å². The topological polar surface area (TPSA) is 90.9 Å². The smallest absolute Gasteiger partial charge is 0.326 e. The first-order chi connectivity index (χ1) is 4.27. The molecule has 0 saturated heterocycles. The number of nitrogens with one attached hydrogen (secondary N) is 2. The first-order valence-electron chi connectivity index (χ1n) is 2.42. The average Bonchev–Trinajstić information content (AvgIpc) is 1.80. The molecule has 2 amide bonds. The molecule has 0 heterocycles. The molecule has 9 heavy (non-hydrogen) atoms. The van der Waals surface area contributed by atoms with E-state index in [1.54, 1.807) is 0 Å². The Morgan fingerprint density at radius 2 is 2.44 bits per heavy atom. The first-order valence-corrected chi connectivity index (χ1v) is 2.42. The van der Waals surface area contributed by atoms with Gasteiger partial charge in [0, 0.05) is 13.0 Å². The van der Waals surface area contributed by atoms with Gasteiger partial charge < -0.3 is 5.73 Å². The summed E-state index contributed by atoms with van der Waals surface area (Å²) in [7, 11) is 0. The van der Waals surface area contributed by atoms with Crippen molar-refractivity contribution in [3.8, 4) is 6.07 Å². The van der Waals surface area contributed by atoms with Crippen molar-refractivity contribution in [2.75, 3.05) is 6.54 Å². The van der Waals surface area contributed by atoms with Crippen LogP contribution in [-0.4, -0.2) is 12.6 Å². The van der Waals surface area contributed by atoms with Crippen molar-refractivity contribution in [2.24, 2.45) is 5.73 Å². The number of carbonyl (C=O) groups excluding carboxylic acids is 1. The number of rotatable bonds is 3. The number of hydrogen-bond acceptors (Lipinski definition) is 3. The molecule has 0 fully saturated rings. The molecule has 0 aromatic carbocycles. The van der Waals surface area contributed by atoms with E-state index >= 15 is 0 Å². The van der Waals surface area contributed by atoms with E-state index in [1.807, 2.05) is 6.07 Å². The highest BCUT2D eigenvalue weighted by molar-refractivity contribution is 5.70. The summed E-state index contributed by atoms with van der Waals surface area (Å²) in [6, 6.07) is 1.24. The summed E-state index contributed by atoms with van der Waals surface area (Å²) in [6.45, 7) is 0.416. The molecular weight excluding hydrogens is 120 g/mol. The second kappa shape index (κ2) is 4.87. The highest BCUT2D eigenvalue weighted by atomic mass is 16.2. The zero-order valence-corrected chi connectivity index (χ0v) is 4.85. The quantitative estimate of drug-likeness (QED) is 0.339. The number of amides is 2. The van der Waals surface area contributed by atoms with Gasteiger partial charge in [0.1, 0.15) is 0 Å². The molecule has 0 spiro atoms. The number of hydrogen-bond donors (Lipinski definition) is 3. The van der Waals surface area contributed by atoms with E-state index in [2.05, 4.69) is 16.6 Å². The Labute approximate surface area is 52.8 Å². The molecule has 0 aromatic heterocycles. The van der Waals surface area contributed by atoms with Crippen LogP contribution in [0.15, 0.2) is 0 Å². The summed E-state index contributed by atoms with van der Waals surface area (Å²) >= 11 is 0. The Kier molecular flexibility index (Phi) is 4.18. The molecular formula is C4H8N4O. The van der Waals surface area contributed by atoms with Crippen molar-refractivity contribution in [3.05, 3.63) is 0 Å². The lowest BCUT2D eigenvalue weighted by molar-refractivity contribution is 0.245. The Balaban J connectivity index is 2.94. The van der Waals surface area contributed by atoms with Crippen molar-refractivity contribution in [2.45, 2.75) is 6.42 Å². The fraction of sp³-hybridized carbons (Fsp3) is 0.500. The van der Waals surface area contributed by atoms with E-state index in [4.69, 9.17) is 5.26 Å². The van der Waals surface area contributed by atoms with Gasteiger partial charge in [-0.05, 0) is 0 Å². The lowest BCUT2D eigenvalue weighted by atomic mass is 10.5. The first kappa shape index (κ1) is 7.72. The number of nitrogens with two attached hydrogens (primary N) is 1. The molecule has 0 unspecified atom stereocenters. The van der Waals surface area contributed by atoms with Crippen molar-refractivity contribution in [3.63, 3.8) is 0 Å². The highest BCUT2D eigenvalue weighted by Crippen LogP contribution is 1.65. The van der Waals surface area contributed by atoms with Gasteiger partial charge in [-0.3, -0.25) is 5.43 Å². The fourth-order valence-corrected chi connectivity index (χ4v) is 0.268. The van der Waals surface area contributed by atoms with Gasteiger partial charge in [0.2, 0.25) is 0 Å². The molecule has 5 nitrogen and oxygen atoms in total. The second-order valence-corrected chi connectivity index (χ2v) is 1.32. The van der Waals surface area contributed by atoms with Crippen LogP contribution < -0.4 is 16.6 Å². The monoisotopic (exact) mass is 128 g/mol. The van der Waals surface area contributed by atoms with Gasteiger partial charge in [0.05, 0.1) is 6.07 Å². The molecule has 0 aromatic rings. The normalized spacial score (nSPS) is 7.89. The molecule has 0 aliphatic heterocycles. The van der Waals surface area contributed by atoms with Crippen LogP contribution in [-0.2, 0) is 0 Å². The van der Waals surface area contributed by atoms with Crippen LogP contribution in [0.4, 0.5) is 4.79 Å². The number of hydrazine groups is 1. The van der Waals surface area contributed by atoms with Crippen LogP contribution in [0.5, 0.6) is 0 Å². The molecule has 50 valence electrons. The van der Waals surface area contributed by atoms with Crippen molar-refractivity contribution >= 4 is 6.03 Å². The molecule has 0 rings (SSSR count). The van der Waals surface area contributed by atoms with Crippen molar-refractivity contribution in [1.82, 2.24) is 10.9 Å². The van der Waals surface area contributed by atoms with Crippen LogP contribution in [0.25, 0.3) is 0 Å². The van der Waals surface area contributed by atoms with E-state index < -0.39 is 6.03 Å². The van der Waals surface area contributed by atoms with Gasteiger partial charge in [-0.1, -0.05) is 0 Å². The number of primary amides is 1. The van der Waals surface area contributed by atoms with Crippen LogP contribution >= 0.6 is 0 Å². The van der Waals surface area contributed by atoms with Crippen LogP contribution in [0.1, 0.15) is 6.42 Å². The largest absolute Gasteiger partial charge is 0.351 e. The minimum Gasteiger partial charge on any atom is -0.351 e. The van der Waals surface area contributed by atoms with Gasteiger partial charge in [-0.2, -0.15) is 5.26 Å². The second-order valence-electron chi connectivity index (χ2n) is 1.32. The lowest BCUT2D eigenvalue weighted by Crippen LogP contribution is -2.41. The third kappa shape index (κ3) is 6.72. The van der Waals surface area contributed by atoms with Crippen molar-refractivity contribution in [1.29, 1.82) is 5.26 Å². The molecule has 0 radical (unpaired) electrons. The maximum absolute atomic E-state index is 9.93. The number of nitriles is 1. The summed E-state index contributed by atoms with van der Waals surface area (Å²) < 4.78 is 0. The summed E-state index contributed by atoms with van der Waals surface area (Å²) in [5, 5.41) is 8.00. The molecule has 0 aliphatic rings. The fourth-order valence-electron chi connectivity index (χ4n) is 0.268. The summed E-state index contributed by atoms with van der Waals surface area (Å²) in [5.41, 5.74) is 9.24. The predicted molar refractivity (Wildman–Crippen MR) is 31.0 cm³/mol. The van der Waals surface area contributed by atoms with Gasteiger partial charge in [0.25, 0.3) is 0 Å². The third-order valence-corrected chi connectivity index (χ3v) is 0.573. The molecule has 0 aliphatic carbocycles. The zero-order valence-electron chi connectivity index (χ0n) is 4.85. The van der Waals surface area contributed by atoms with E-state index in [1.165, 1.54) is 0 Å². The average molecular weight is 128 g/mol. The Bertz CT molecular complexity index is 127. The number of urea groups is 1. The highest BCUT2D eigenvalue weighted by Gasteiger charge is 1.86. The van der Waals surface area contributed by atoms with Crippen LogP contribution in [0.3, 0.4) is 0 Å². The maximum atomic E-state index is 9.93. The SMILES string of the molecule is N#CCCNNC(N)=O. The van der Waals surface area contributed by atoms with Gasteiger partial charge in [-0.25, -0.2) is 10.2 Å². The van der Waals surface area contributed by atoms with Crippen molar-refractivity contribution < 1.29 is 4.79 Å². The van der Waals surface area contributed by atoms with Crippen LogP contribution in [0.2, 0.25) is 0 Å². The van der Waals surface area contributed by atoms with Gasteiger partial charge in [0.15, 0.2) is 0 Å². The molecule has 4 N–H and O–H groups in total. The summed E-state index contributed by atoms with van der Waals surface area (Å²) in [6.07, 6.45) is 0.347. The van der Waals surface area contributed by atoms with E-state index in [9.17, 15) is 4.79 Å². The maximum Gasteiger partial charge on any atom is 0.326 e. The summed E-state index contributed by atoms with van der Waals surface area (Å²) in [5.74, 6) is 0. The van der Waals surface area contributed by atoms with Gasteiger partial charge in [-0.15, -0.1) is 0 Å². The number of carbonyl (C=O) groups is 1. The Hall–Kier alpha value is -1.28. The Morgan fingerprint density at radius 1 is 1.78 bits per heavy atom. The zero-order chi connectivity index (χ0) is 7.11. The third-order valence-electron chi connectivity index (χ3n) is 0.573.